The van der Waals surface area contributed by atoms with Gasteiger partial charge in [-0.3, -0.25) is 14.4 Å². The van der Waals surface area contributed by atoms with Crippen LogP contribution in [0.4, 0.5) is 0 Å². The number of para-hydroxylation sites is 1. The summed E-state index contributed by atoms with van der Waals surface area (Å²) in [6.45, 7) is 1.90. The molecule has 0 unspecified atom stereocenters. The number of amides is 2. The van der Waals surface area contributed by atoms with E-state index in [-0.39, 0.29) is 28.9 Å². The molecule has 3 heterocycles. The average molecular weight is 408 g/mol. The van der Waals surface area contributed by atoms with Crippen LogP contribution in [-0.2, 0) is 4.79 Å². The van der Waals surface area contributed by atoms with Crippen LogP contribution in [0.2, 0.25) is 0 Å². The SMILES string of the molecule is O=C(c1cc(=O)c2ccccc2o1)N1CCN(C(=O)[C@@H]2C[C@@H]2c2cccs2)CC1. The summed E-state index contributed by atoms with van der Waals surface area (Å²) in [5, 5.41) is 2.51. The van der Waals surface area contributed by atoms with Gasteiger partial charge in [-0.2, -0.15) is 0 Å². The predicted octanol–water partition coefficient (Wildman–Crippen LogP) is 2.94. The molecule has 148 valence electrons. The zero-order valence-electron chi connectivity index (χ0n) is 15.7. The zero-order valence-corrected chi connectivity index (χ0v) is 16.6. The van der Waals surface area contributed by atoms with Crippen molar-refractivity contribution in [2.75, 3.05) is 26.2 Å². The van der Waals surface area contributed by atoms with Crippen molar-refractivity contribution in [2.24, 2.45) is 5.92 Å². The Balaban J connectivity index is 1.23. The normalized spacial score (nSPS) is 21.4. The Bertz CT molecular complexity index is 1130. The van der Waals surface area contributed by atoms with Gasteiger partial charge in [0.1, 0.15) is 5.58 Å². The van der Waals surface area contributed by atoms with E-state index in [1.165, 1.54) is 10.9 Å². The number of carbonyl (C=O) groups is 2. The van der Waals surface area contributed by atoms with E-state index in [4.69, 9.17) is 4.42 Å². The minimum atomic E-state index is -0.303. The second kappa shape index (κ2) is 7.15. The van der Waals surface area contributed by atoms with E-state index in [0.29, 0.717) is 43.1 Å². The molecule has 2 amide bonds. The van der Waals surface area contributed by atoms with Gasteiger partial charge in [0.25, 0.3) is 5.91 Å². The van der Waals surface area contributed by atoms with E-state index in [1.54, 1.807) is 40.5 Å². The Labute approximate surface area is 171 Å². The molecule has 2 atom stereocenters. The molecule has 7 heteroatoms. The highest BCUT2D eigenvalue weighted by Crippen LogP contribution is 2.50. The molecule has 1 saturated carbocycles. The molecule has 0 radical (unpaired) electrons. The number of hydrogen-bond acceptors (Lipinski definition) is 5. The molecule has 2 fully saturated rings. The van der Waals surface area contributed by atoms with Crippen LogP contribution in [0, 0.1) is 5.92 Å². The lowest BCUT2D eigenvalue weighted by molar-refractivity contribution is -0.134. The van der Waals surface area contributed by atoms with E-state index >= 15 is 0 Å². The van der Waals surface area contributed by atoms with Gasteiger partial charge in [0, 0.05) is 49.0 Å². The van der Waals surface area contributed by atoms with Gasteiger partial charge in [0.05, 0.1) is 5.39 Å². The maximum absolute atomic E-state index is 12.8. The van der Waals surface area contributed by atoms with Crippen LogP contribution in [0.25, 0.3) is 11.0 Å². The van der Waals surface area contributed by atoms with Crippen LogP contribution in [0.3, 0.4) is 0 Å². The molecule has 1 aromatic carbocycles. The number of rotatable bonds is 3. The van der Waals surface area contributed by atoms with Gasteiger partial charge in [-0.05, 0) is 30.0 Å². The summed E-state index contributed by atoms with van der Waals surface area (Å²) in [4.78, 5) is 42.6. The smallest absolute Gasteiger partial charge is 0.289 e. The molecule has 5 rings (SSSR count). The molecule has 2 aromatic heterocycles. The van der Waals surface area contributed by atoms with Gasteiger partial charge >= 0.3 is 0 Å². The zero-order chi connectivity index (χ0) is 20.0. The number of nitrogens with zero attached hydrogens (tertiary/aromatic N) is 2. The van der Waals surface area contributed by atoms with Crippen molar-refractivity contribution in [1.29, 1.82) is 0 Å². The molecule has 1 saturated heterocycles. The van der Waals surface area contributed by atoms with Crippen molar-refractivity contribution in [3.05, 3.63) is 68.7 Å². The summed E-state index contributed by atoms with van der Waals surface area (Å²) < 4.78 is 5.66. The minimum absolute atomic E-state index is 0.0495. The maximum Gasteiger partial charge on any atom is 0.289 e. The third-order valence-corrected chi connectivity index (χ3v) is 6.74. The number of piperazine rings is 1. The molecule has 29 heavy (non-hydrogen) atoms. The Kier molecular flexibility index (Phi) is 4.47. The fourth-order valence-electron chi connectivity index (χ4n) is 4.01. The van der Waals surface area contributed by atoms with Crippen molar-refractivity contribution in [2.45, 2.75) is 12.3 Å². The van der Waals surface area contributed by atoms with E-state index < -0.39 is 0 Å². The first kappa shape index (κ1) is 18.1. The van der Waals surface area contributed by atoms with Crippen molar-refractivity contribution >= 4 is 34.1 Å². The lowest BCUT2D eigenvalue weighted by atomic mass is 10.2. The molecule has 3 aromatic rings. The van der Waals surface area contributed by atoms with Crippen LogP contribution < -0.4 is 5.43 Å². The lowest BCUT2D eigenvalue weighted by Gasteiger charge is -2.34. The van der Waals surface area contributed by atoms with Gasteiger partial charge in [0.15, 0.2) is 11.2 Å². The Morgan fingerprint density at radius 1 is 1.00 bits per heavy atom. The molecule has 0 spiro atoms. The number of fused-ring (bicyclic) bond motifs is 1. The Morgan fingerprint density at radius 2 is 1.76 bits per heavy atom. The van der Waals surface area contributed by atoms with E-state index in [1.807, 2.05) is 16.3 Å². The average Bonchev–Trinajstić information content (AvgIpc) is 3.37. The second-order valence-corrected chi connectivity index (χ2v) is 8.53. The molecule has 0 bridgehead atoms. The van der Waals surface area contributed by atoms with Crippen LogP contribution >= 0.6 is 11.3 Å². The van der Waals surface area contributed by atoms with E-state index in [0.717, 1.165) is 6.42 Å². The van der Waals surface area contributed by atoms with E-state index in [2.05, 4.69) is 6.07 Å². The highest BCUT2D eigenvalue weighted by molar-refractivity contribution is 7.10. The largest absolute Gasteiger partial charge is 0.451 e. The first-order valence-corrected chi connectivity index (χ1v) is 10.6. The van der Waals surface area contributed by atoms with Gasteiger partial charge in [0.2, 0.25) is 5.91 Å². The summed E-state index contributed by atoms with van der Waals surface area (Å²) in [6, 6.07) is 12.3. The predicted molar refractivity (Wildman–Crippen MR) is 110 cm³/mol. The summed E-state index contributed by atoms with van der Waals surface area (Å²) in [5.41, 5.74) is 0.183. The summed E-state index contributed by atoms with van der Waals surface area (Å²) in [7, 11) is 0. The van der Waals surface area contributed by atoms with E-state index in [9.17, 15) is 14.4 Å². The molecular weight excluding hydrogens is 388 g/mol. The molecule has 2 aliphatic rings. The molecule has 0 N–H and O–H groups in total. The number of hydrogen-bond donors (Lipinski definition) is 0. The third kappa shape index (κ3) is 3.35. The standard InChI is InChI=1S/C22H20N2O4S/c25-17-13-19(28-18-5-2-1-4-14(17)18)22(27)24-9-7-23(8-10-24)21(26)16-12-15(16)20-6-3-11-29-20/h1-6,11,13,15-16H,7-10,12H2/t15-,16+/m0/s1. The van der Waals surface area contributed by atoms with Crippen LogP contribution in [0.5, 0.6) is 0 Å². The van der Waals surface area contributed by atoms with Gasteiger partial charge in [-0.25, -0.2) is 0 Å². The van der Waals surface area contributed by atoms with Crippen molar-refractivity contribution in [3.8, 4) is 0 Å². The van der Waals surface area contributed by atoms with Gasteiger partial charge in [-0.15, -0.1) is 11.3 Å². The van der Waals surface area contributed by atoms with Crippen LogP contribution in [-0.4, -0.2) is 47.8 Å². The highest BCUT2D eigenvalue weighted by atomic mass is 32.1. The first-order chi connectivity index (χ1) is 14.1. The fourth-order valence-corrected chi connectivity index (χ4v) is 4.92. The molecule has 1 aliphatic heterocycles. The van der Waals surface area contributed by atoms with Crippen molar-refractivity contribution < 1.29 is 14.0 Å². The second-order valence-electron chi connectivity index (χ2n) is 7.55. The quantitative estimate of drug-likeness (QED) is 0.668. The molecule has 6 nitrogen and oxygen atoms in total. The lowest BCUT2D eigenvalue weighted by Crippen LogP contribution is -2.51. The summed E-state index contributed by atoms with van der Waals surface area (Å²) in [5.74, 6) is 0.368. The summed E-state index contributed by atoms with van der Waals surface area (Å²) >= 11 is 1.71. The van der Waals surface area contributed by atoms with Gasteiger partial charge in [-0.1, -0.05) is 18.2 Å². The number of carbonyl (C=O) groups excluding carboxylic acids is 2. The van der Waals surface area contributed by atoms with Crippen LogP contribution in [0.1, 0.15) is 27.8 Å². The molecule has 1 aliphatic carbocycles. The Morgan fingerprint density at radius 3 is 2.52 bits per heavy atom. The Hall–Kier alpha value is -2.93. The van der Waals surface area contributed by atoms with Crippen LogP contribution in [0.15, 0.2) is 57.1 Å². The maximum atomic E-state index is 12.8. The van der Waals surface area contributed by atoms with Gasteiger partial charge < -0.3 is 14.2 Å². The molecular formula is C22H20N2O4S. The summed E-state index contributed by atoms with van der Waals surface area (Å²) in [6.07, 6.45) is 0.917. The fraction of sp³-hybridized carbons (Fsp3) is 0.318. The minimum Gasteiger partial charge on any atom is -0.451 e. The number of benzene rings is 1. The number of thiophene rings is 1. The monoisotopic (exact) mass is 408 g/mol. The highest BCUT2D eigenvalue weighted by Gasteiger charge is 2.46. The topological polar surface area (TPSA) is 70.8 Å². The van der Waals surface area contributed by atoms with Crippen molar-refractivity contribution in [3.63, 3.8) is 0 Å². The van der Waals surface area contributed by atoms with Crippen molar-refractivity contribution in [1.82, 2.24) is 9.80 Å². The third-order valence-electron chi connectivity index (χ3n) is 5.74. The first-order valence-electron chi connectivity index (χ1n) is 9.76.